The molecular formula is C24H22ClN5O2. The number of nitrogens with zero attached hydrogens (tertiary/aromatic N) is 5. The molecule has 0 aliphatic rings. The molecule has 0 N–H and O–H groups in total. The Kier molecular flexibility index (Phi) is 5.36. The third-order valence-electron chi connectivity index (χ3n) is 5.52. The standard InChI is InChI=1S/C24H22ClN5O2/c1-3-32-14-8-13-29-15(2)26-22-20(24(29)31)21-23(28-18-11-6-5-10-17(18)27-21)30(22)19-12-7-4-9-16(19)25/h4-7,9-12H,3,8,13-14H2,1-2H3. The summed E-state index contributed by atoms with van der Waals surface area (Å²) in [6.45, 7) is 5.56. The Morgan fingerprint density at radius 2 is 1.69 bits per heavy atom. The van der Waals surface area contributed by atoms with Crippen LogP contribution in [0.5, 0.6) is 0 Å². The summed E-state index contributed by atoms with van der Waals surface area (Å²) < 4.78 is 8.97. The van der Waals surface area contributed by atoms with Crippen LogP contribution in [0, 0.1) is 6.92 Å². The molecule has 0 fully saturated rings. The predicted octanol–water partition coefficient (Wildman–Crippen LogP) is 4.67. The predicted molar refractivity (Wildman–Crippen MR) is 127 cm³/mol. The smallest absolute Gasteiger partial charge is 0.265 e. The molecule has 0 unspecified atom stereocenters. The van der Waals surface area contributed by atoms with Crippen molar-refractivity contribution in [1.82, 2.24) is 24.1 Å². The van der Waals surface area contributed by atoms with Crippen molar-refractivity contribution in [2.24, 2.45) is 0 Å². The summed E-state index contributed by atoms with van der Waals surface area (Å²) in [5.74, 6) is 0.625. The SMILES string of the molecule is CCOCCCn1c(C)nc2c(c1=O)c1nc3ccccc3nc1n2-c1ccccc1Cl. The fourth-order valence-electron chi connectivity index (χ4n) is 4.02. The summed E-state index contributed by atoms with van der Waals surface area (Å²) in [6.07, 6.45) is 0.722. The quantitative estimate of drug-likeness (QED) is 0.353. The van der Waals surface area contributed by atoms with E-state index in [0.29, 0.717) is 58.5 Å². The summed E-state index contributed by atoms with van der Waals surface area (Å²) >= 11 is 6.55. The molecule has 5 rings (SSSR count). The lowest BCUT2D eigenvalue weighted by molar-refractivity contribution is 0.141. The first kappa shape index (κ1) is 20.6. The molecule has 8 heteroatoms. The molecule has 7 nitrogen and oxygen atoms in total. The van der Waals surface area contributed by atoms with Crippen LogP contribution in [0.1, 0.15) is 19.2 Å². The van der Waals surface area contributed by atoms with E-state index in [4.69, 9.17) is 31.3 Å². The van der Waals surface area contributed by atoms with Gasteiger partial charge in [-0.05, 0) is 44.5 Å². The highest BCUT2D eigenvalue weighted by Gasteiger charge is 2.23. The zero-order valence-corrected chi connectivity index (χ0v) is 18.6. The maximum absolute atomic E-state index is 13.7. The molecule has 2 aromatic carbocycles. The molecule has 0 saturated heterocycles. The molecule has 0 spiro atoms. The second kappa shape index (κ2) is 8.33. The van der Waals surface area contributed by atoms with Crippen molar-refractivity contribution in [3.05, 3.63) is 69.7 Å². The fourth-order valence-corrected chi connectivity index (χ4v) is 4.24. The van der Waals surface area contributed by atoms with Crippen LogP contribution in [0.15, 0.2) is 53.3 Å². The molecule has 0 radical (unpaired) electrons. The van der Waals surface area contributed by atoms with Crippen LogP contribution in [0.25, 0.3) is 38.9 Å². The lowest BCUT2D eigenvalue weighted by atomic mass is 10.3. The number of para-hydroxylation sites is 3. The number of aryl methyl sites for hydroxylation is 1. The van der Waals surface area contributed by atoms with Crippen molar-refractivity contribution in [3.63, 3.8) is 0 Å². The van der Waals surface area contributed by atoms with Crippen LogP contribution in [0.4, 0.5) is 0 Å². The number of rotatable bonds is 6. The number of fused-ring (bicyclic) bond motifs is 4. The number of halogens is 1. The van der Waals surface area contributed by atoms with E-state index in [2.05, 4.69) is 0 Å². The maximum atomic E-state index is 13.7. The van der Waals surface area contributed by atoms with Gasteiger partial charge in [-0.3, -0.25) is 13.9 Å². The number of ether oxygens (including phenoxy) is 1. The molecule has 32 heavy (non-hydrogen) atoms. The molecule has 0 aliphatic carbocycles. The van der Waals surface area contributed by atoms with Crippen LogP contribution in [-0.4, -0.2) is 37.3 Å². The summed E-state index contributed by atoms with van der Waals surface area (Å²) in [6, 6.07) is 15.1. The molecule has 5 aromatic rings. The van der Waals surface area contributed by atoms with Gasteiger partial charge in [-0.2, -0.15) is 0 Å². The van der Waals surface area contributed by atoms with Crippen molar-refractivity contribution < 1.29 is 4.74 Å². The summed E-state index contributed by atoms with van der Waals surface area (Å²) in [5, 5.41) is 0.988. The van der Waals surface area contributed by atoms with E-state index in [-0.39, 0.29) is 5.56 Å². The van der Waals surface area contributed by atoms with Gasteiger partial charge in [0.2, 0.25) is 0 Å². The average molecular weight is 448 g/mol. The minimum absolute atomic E-state index is 0.135. The van der Waals surface area contributed by atoms with E-state index < -0.39 is 0 Å². The second-order valence-electron chi connectivity index (χ2n) is 7.54. The third-order valence-corrected chi connectivity index (χ3v) is 5.84. The van der Waals surface area contributed by atoms with E-state index in [1.165, 1.54) is 0 Å². The first-order valence-corrected chi connectivity index (χ1v) is 11.0. The molecule has 3 aromatic heterocycles. The zero-order chi connectivity index (χ0) is 22.2. The first-order valence-electron chi connectivity index (χ1n) is 10.6. The lowest BCUT2D eigenvalue weighted by Crippen LogP contribution is -2.24. The van der Waals surface area contributed by atoms with Crippen LogP contribution in [0.3, 0.4) is 0 Å². The molecule has 0 aliphatic heterocycles. The Balaban J connectivity index is 1.86. The van der Waals surface area contributed by atoms with Gasteiger partial charge < -0.3 is 4.74 Å². The lowest BCUT2D eigenvalue weighted by Gasteiger charge is -2.11. The Bertz CT molecular complexity index is 1520. The van der Waals surface area contributed by atoms with E-state index >= 15 is 0 Å². The Morgan fingerprint density at radius 1 is 0.969 bits per heavy atom. The van der Waals surface area contributed by atoms with Gasteiger partial charge in [0.05, 0.1) is 21.7 Å². The van der Waals surface area contributed by atoms with Gasteiger partial charge in [-0.25, -0.2) is 15.0 Å². The van der Waals surface area contributed by atoms with Gasteiger partial charge in [0.15, 0.2) is 11.3 Å². The van der Waals surface area contributed by atoms with Gasteiger partial charge in [0.25, 0.3) is 5.56 Å². The zero-order valence-electron chi connectivity index (χ0n) is 17.9. The number of hydrogen-bond donors (Lipinski definition) is 0. The highest BCUT2D eigenvalue weighted by Crippen LogP contribution is 2.31. The second-order valence-corrected chi connectivity index (χ2v) is 7.94. The molecule has 0 atom stereocenters. The summed E-state index contributed by atoms with van der Waals surface area (Å²) in [7, 11) is 0. The molecular weight excluding hydrogens is 426 g/mol. The topological polar surface area (TPSA) is 74.8 Å². The van der Waals surface area contributed by atoms with Gasteiger partial charge >= 0.3 is 0 Å². The number of aromatic nitrogens is 5. The summed E-state index contributed by atoms with van der Waals surface area (Å²) in [5.41, 5.74) is 3.62. The van der Waals surface area contributed by atoms with Crippen LogP contribution in [-0.2, 0) is 11.3 Å². The van der Waals surface area contributed by atoms with E-state index in [0.717, 1.165) is 17.5 Å². The molecule has 3 heterocycles. The van der Waals surface area contributed by atoms with Crippen molar-refractivity contribution >= 4 is 44.8 Å². The van der Waals surface area contributed by atoms with Gasteiger partial charge in [-0.15, -0.1) is 0 Å². The van der Waals surface area contributed by atoms with E-state index in [9.17, 15) is 4.79 Å². The van der Waals surface area contributed by atoms with Crippen LogP contribution in [0.2, 0.25) is 5.02 Å². The highest BCUT2D eigenvalue weighted by molar-refractivity contribution is 6.32. The summed E-state index contributed by atoms with van der Waals surface area (Å²) in [4.78, 5) is 28.2. The van der Waals surface area contributed by atoms with Gasteiger partial charge in [0.1, 0.15) is 16.7 Å². The molecule has 0 bridgehead atoms. The minimum Gasteiger partial charge on any atom is -0.382 e. The fraction of sp³-hybridized carbons (Fsp3) is 0.250. The Hall–Kier alpha value is -3.29. The number of hydrogen-bond acceptors (Lipinski definition) is 5. The minimum atomic E-state index is -0.135. The maximum Gasteiger partial charge on any atom is 0.265 e. The molecule has 0 saturated carbocycles. The van der Waals surface area contributed by atoms with Crippen molar-refractivity contribution in [1.29, 1.82) is 0 Å². The Labute approximate surface area is 189 Å². The highest BCUT2D eigenvalue weighted by atomic mass is 35.5. The molecule has 162 valence electrons. The van der Waals surface area contributed by atoms with Crippen LogP contribution < -0.4 is 5.56 Å². The number of benzene rings is 2. The largest absolute Gasteiger partial charge is 0.382 e. The van der Waals surface area contributed by atoms with E-state index in [1.807, 2.05) is 66.9 Å². The van der Waals surface area contributed by atoms with Crippen molar-refractivity contribution in [2.75, 3.05) is 13.2 Å². The van der Waals surface area contributed by atoms with Crippen molar-refractivity contribution in [2.45, 2.75) is 26.8 Å². The normalized spacial score (nSPS) is 11.7. The van der Waals surface area contributed by atoms with Crippen LogP contribution >= 0.6 is 11.6 Å². The average Bonchev–Trinajstić information content (AvgIpc) is 3.10. The van der Waals surface area contributed by atoms with Crippen molar-refractivity contribution in [3.8, 4) is 5.69 Å². The third kappa shape index (κ3) is 3.34. The van der Waals surface area contributed by atoms with Gasteiger partial charge in [-0.1, -0.05) is 35.9 Å². The monoisotopic (exact) mass is 447 g/mol. The van der Waals surface area contributed by atoms with E-state index in [1.54, 1.807) is 4.57 Å². The Morgan fingerprint density at radius 3 is 2.44 bits per heavy atom. The molecule has 0 amide bonds. The first-order chi connectivity index (χ1) is 15.6. The van der Waals surface area contributed by atoms with Gasteiger partial charge in [0, 0.05) is 19.8 Å².